The highest BCUT2D eigenvalue weighted by Crippen LogP contribution is 2.52. The summed E-state index contributed by atoms with van der Waals surface area (Å²) in [5, 5.41) is 6.97. The van der Waals surface area contributed by atoms with E-state index in [0.717, 1.165) is 55.5 Å². The van der Waals surface area contributed by atoms with Crippen LogP contribution in [0, 0.1) is 0 Å². The fourth-order valence-electron chi connectivity index (χ4n) is 10.0. The van der Waals surface area contributed by atoms with Crippen LogP contribution in [0.15, 0.2) is 217 Å². The molecular weight excluding hydrogens is 739 g/mol. The number of nitrogens with zero attached hydrogens (tertiary/aromatic N) is 1. The zero-order valence-corrected chi connectivity index (χ0v) is 34.1. The van der Waals surface area contributed by atoms with Crippen molar-refractivity contribution in [2.24, 2.45) is 0 Å². The Bertz CT molecular complexity index is 3470. The van der Waals surface area contributed by atoms with Crippen molar-refractivity contribution in [1.29, 1.82) is 0 Å². The van der Waals surface area contributed by atoms with Crippen molar-refractivity contribution < 1.29 is 4.42 Å². The molecule has 1 aliphatic carbocycles. The standard InChI is InChI=1S/C59H41NO/c1-59(2)53-24-14-13-21-47(53)48-34-33-44(35-54(48)59)60(43-31-29-41(30-32-43)39-17-7-4-8-18-39)55-36-52-56(37-51(55)42-27-25-40(26-28-42)38-15-5-3-6-16-38)61-58-50-23-12-10-20-46(50)45-19-9-11-22-49(45)57(52)58/h3-37H,1-2H3. The van der Waals surface area contributed by atoms with Crippen LogP contribution in [0.5, 0.6) is 0 Å². The second kappa shape index (κ2) is 13.7. The Kier molecular flexibility index (Phi) is 7.92. The molecule has 2 nitrogen and oxygen atoms in total. The molecular formula is C59H41NO. The Labute approximate surface area is 355 Å². The first kappa shape index (κ1) is 35.3. The summed E-state index contributed by atoms with van der Waals surface area (Å²) < 4.78 is 7.05. The van der Waals surface area contributed by atoms with Gasteiger partial charge in [0.05, 0.1) is 5.69 Å². The molecule has 2 heteroatoms. The number of anilines is 3. The van der Waals surface area contributed by atoms with Gasteiger partial charge < -0.3 is 9.32 Å². The van der Waals surface area contributed by atoms with Crippen molar-refractivity contribution in [3.8, 4) is 44.5 Å². The third-order valence-electron chi connectivity index (χ3n) is 13.1. The van der Waals surface area contributed by atoms with Gasteiger partial charge in [0, 0.05) is 38.5 Å². The van der Waals surface area contributed by atoms with Gasteiger partial charge in [-0.1, -0.05) is 190 Å². The lowest BCUT2D eigenvalue weighted by molar-refractivity contribution is 0.660. The van der Waals surface area contributed by atoms with Crippen LogP contribution in [0.2, 0.25) is 0 Å². The van der Waals surface area contributed by atoms with E-state index >= 15 is 0 Å². The van der Waals surface area contributed by atoms with E-state index in [9.17, 15) is 0 Å². The van der Waals surface area contributed by atoms with Gasteiger partial charge in [-0.15, -0.1) is 0 Å². The van der Waals surface area contributed by atoms with E-state index < -0.39 is 0 Å². The van der Waals surface area contributed by atoms with Crippen molar-refractivity contribution in [2.45, 2.75) is 19.3 Å². The minimum atomic E-state index is -0.161. The predicted octanol–water partition coefficient (Wildman–Crippen LogP) is 16.7. The normalized spacial score (nSPS) is 12.9. The number of furan rings is 1. The number of benzene rings is 10. The molecule has 0 radical (unpaired) electrons. The van der Waals surface area contributed by atoms with Crippen molar-refractivity contribution in [1.82, 2.24) is 0 Å². The highest BCUT2D eigenvalue weighted by atomic mass is 16.3. The Morgan fingerprint density at radius 1 is 0.361 bits per heavy atom. The predicted molar refractivity (Wildman–Crippen MR) is 257 cm³/mol. The molecule has 0 saturated carbocycles. The van der Waals surface area contributed by atoms with Gasteiger partial charge in [0.1, 0.15) is 11.2 Å². The Morgan fingerprint density at radius 3 is 1.56 bits per heavy atom. The second-order valence-corrected chi connectivity index (χ2v) is 16.9. The molecule has 288 valence electrons. The largest absolute Gasteiger partial charge is 0.455 e. The number of rotatable bonds is 6. The molecule has 0 amide bonds. The molecule has 0 fully saturated rings. The molecule has 0 bridgehead atoms. The van der Waals surface area contributed by atoms with E-state index in [1.807, 2.05) is 0 Å². The minimum Gasteiger partial charge on any atom is -0.455 e. The van der Waals surface area contributed by atoms with Crippen LogP contribution in [0.1, 0.15) is 25.0 Å². The van der Waals surface area contributed by atoms with Crippen molar-refractivity contribution >= 4 is 60.5 Å². The topological polar surface area (TPSA) is 16.4 Å². The Morgan fingerprint density at radius 2 is 0.869 bits per heavy atom. The summed E-state index contributed by atoms with van der Waals surface area (Å²) in [4.78, 5) is 2.47. The second-order valence-electron chi connectivity index (χ2n) is 16.9. The molecule has 0 spiro atoms. The van der Waals surface area contributed by atoms with Gasteiger partial charge in [-0.25, -0.2) is 0 Å². The van der Waals surface area contributed by atoms with E-state index in [-0.39, 0.29) is 5.41 Å². The maximum Gasteiger partial charge on any atom is 0.143 e. The Balaban J connectivity index is 1.15. The lowest BCUT2D eigenvalue weighted by Gasteiger charge is -2.30. The maximum absolute atomic E-state index is 7.05. The minimum absolute atomic E-state index is 0.161. The summed E-state index contributed by atoms with van der Waals surface area (Å²) in [5.41, 5.74) is 17.2. The van der Waals surface area contributed by atoms with Crippen LogP contribution >= 0.6 is 0 Å². The maximum atomic E-state index is 7.05. The molecule has 0 unspecified atom stereocenters. The zero-order chi connectivity index (χ0) is 40.7. The molecule has 10 aromatic carbocycles. The summed E-state index contributed by atoms with van der Waals surface area (Å²) in [6.07, 6.45) is 0. The van der Waals surface area contributed by atoms with Crippen LogP contribution < -0.4 is 4.90 Å². The van der Waals surface area contributed by atoms with Gasteiger partial charge in [-0.05, 0) is 103 Å². The van der Waals surface area contributed by atoms with Crippen LogP contribution in [0.4, 0.5) is 17.1 Å². The van der Waals surface area contributed by atoms with Crippen molar-refractivity contribution in [3.05, 3.63) is 223 Å². The average molecular weight is 780 g/mol. The van der Waals surface area contributed by atoms with Gasteiger partial charge in [0.2, 0.25) is 0 Å². The van der Waals surface area contributed by atoms with E-state index in [1.54, 1.807) is 0 Å². The lowest BCUT2D eigenvalue weighted by Crippen LogP contribution is -2.17. The van der Waals surface area contributed by atoms with E-state index in [4.69, 9.17) is 4.42 Å². The van der Waals surface area contributed by atoms with Crippen LogP contribution in [-0.2, 0) is 5.41 Å². The van der Waals surface area contributed by atoms with Gasteiger partial charge >= 0.3 is 0 Å². The van der Waals surface area contributed by atoms with Gasteiger partial charge in [-0.3, -0.25) is 0 Å². The summed E-state index contributed by atoms with van der Waals surface area (Å²) in [5.74, 6) is 0. The Hall–Kier alpha value is -7.68. The molecule has 1 aromatic heterocycles. The molecule has 1 heterocycles. The zero-order valence-electron chi connectivity index (χ0n) is 34.1. The fraction of sp³-hybridized carbons (Fsp3) is 0.0508. The summed E-state index contributed by atoms with van der Waals surface area (Å²) in [6, 6.07) is 77.4. The first-order chi connectivity index (χ1) is 30.0. The number of hydrogen-bond donors (Lipinski definition) is 0. The lowest BCUT2D eigenvalue weighted by atomic mass is 9.82. The van der Waals surface area contributed by atoms with Gasteiger partial charge in [0.15, 0.2) is 0 Å². The fourth-order valence-corrected chi connectivity index (χ4v) is 10.0. The van der Waals surface area contributed by atoms with Gasteiger partial charge in [-0.2, -0.15) is 0 Å². The van der Waals surface area contributed by atoms with Crippen LogP contribution in [-0.4, -0.2) is 0 Å². The van der Waals surface area contributed by atoms with E-state index in [1.165, 1.54) is 60.7 Å². The molecule has 11 aromatic rings. The molecule has 12 rings (SSSR count). The molecule has 0 atom stereocenters. The highest BCUT2D eigenvalue weighted by molar-refractivity contribution is 6.30. The third kappa shape index (κ3) is 5.56. The average Bonchev–Trinajstić information content (AvgIpc) is 3.81. The van der Waals surface area contributed by atoms with Crippen molar-refractivity contribution in [3.63, 3.8) is 0 Å². The van der Waals surface area contributed by atoms with Crippen LogP contribution in [0.3, 0.4) is 0 Å². The molecule has 61 heavy (non-hydrogen) atoms. The number of hydrogen-bond acceptors (Lipinski definition) is 2. The molecule has 0 saturated heterocycles. The molecule has 1 aliphatic rings. The first-order valence-corrected chi connectivity index (χ1v) is 21.2. The van der Waals surface area contributed by atoms with Crippen LogP contribution in [0.25, 0.3) is 88.0 Å². The quantitative estimate of drug-likeness (QED) is 0.156. The summed E-state index contributed by atoms with van der Waals surface area (Å²) >= 11 is 0. The number of fused-ring (bicyclic) bond motifs is 11. The van der Waals surface area contributed by atoms with E-state index in [0.29, 0.717) is 0 Å². The smallest absolute Gasteiger partial charge is 0.143 e. The van der Waals surface area contributed by atoms with Gasteiger partial charge in [0.25, 0.3) is 0 Å². The molecule has 0 N–H and O–H groups in total. The van der Waals surface area contributed by atoms with Crippen molar-refractivity contribution in [2.75, 3.05) is 4.90 Å². The first-order valence-electron chi connectivity index (χ1n) is 21.2. The van der Waals surface area contributed by atoms with E-state index in [2.05, 4.69) is 231 Å². The molecule has 0 aliphatic heterocycles. The summed E-state index contributed by atoms with van der Waals surface area (Å²) in [7, 11) is 0. The SMILES string of the molecule is CC1(C)c2ccccc2-c2ccc(N(c3ccc(-c4ccccc4)cc3)c3cc4c(cc3-c3ccc(-c5ccccc5)cc3)oc3c5ccccc5c5ccccc5c43)cc21. The third-order valence-corrected chi connectivity index (χ3v) is 13.1. The summed E-state index contributed by atoms with van der Waals surface area (Å²) in [6.45, 7) is 4.72. The monoisotopic (exact) mass is 779 g/mol. The highest BCUT2D eigenvalue weighted by Gasteiger charge is 2.36.